The van der Waals surface area contributed by atoms with Gasteiger partial charge in [0.2, 0.25) is 5.91 Å². The van der Waals surface area contributed by atoms with E-state index < -0.39 is 0 Å². The van der Waals surface area contributed by atoms with Crippen LogP contribution in [-0.4, -0.2) is 47.8 Å². The third-order valence-corrected chi connectivity index (χ3v) is 4.19. The minimum absolute atomic E-state index is 0.0391. The summed E-state index contributed by atoms with van der Waals surface area (Å²) < 4.78 is 1.14. The lowest BCUT2D eigenvalue weighted by Gasteiger charge is -2.34. The van der Waals surface area contributed by atoms with Crippen molar-refractivity contribution >= 4 is 33.4 Å². The molecule has 0 unspecified atom stereocenters. The SMILES string of the molecule is O=C(CCl)N1CCN(Cc2ccccc2Br)CC1. The molecule has 1 amide bonds. The van der Waals surface area contributed by atoms with Crippen LogP contribution in [0.5, 0.6) is 0 Å². The van der Waals surface area contributed by atoms with Crippen molar-refractivity contribution in [2.75, 3.05) is 32.1 Å². The second-order valence-corrected chi connectivity index (χ2v) is 5.50. The van der Waals surface area contributed by atoms with Gasteiger partial charge in [-0.05, 0) is 11.6 Å². The third-order valence-electron chi connectivity index (χ3n) is 3.19. The number of halogens is 2. The van der Waals surface area contributed by atoms with Crippen molar-refractivity contribution in [3.05, 3.63) is 34.3 Å². The number of carbonyl (C=O) groups is 1. The molecule has 0 bridgehead atoms. The summed E-state index contributed by atoms with van der Waals surface area (Å²) in [6.45, 7) is 4.28. The molecule has 1 aromatic rings. The van der Waals surface area contributed by atoms with Crippen molar-refractivity contribution in [2.24, 2.45) is 0 Å². The molecule has 0 aliphatic carbocycles. The smallest absolute Gasteiger partial charge is 0.237 e. The number of rotatable bonds is 3. The molecule has 0 aromatic heterocycles. The van der Waals surface area contributed by atoms with Crippen molar-refractivity contribution in [1.82, 2.24) is 9.80 Å². The number of benzene rings is 1. The Bertz CT molecular complexity index is 419. The molecule has 1 fully saturated rings. The van der Waals surface area contributed by atoms with Crippen molar-refractivity contribution in [3.8, 4) is 0 Å². The summed E-state index contributed by atoms with van der Waals surface area (Å²) in [6, 6.07) is 8.25. The minimum atomic E-state index is 0.0391. The second kappa shape index (κ2) is 6.55. The lowest BCUT2D eigenvalue weighted by Crippen LogP contribution is -2.48. The number of nitrogens with zero attached hydrogens (tertiary/aromatic N) is 2. The fourth-order valence-corrected chi connectivity index (χ4v) is 2.69. The first-order valence-corrected chi connectivity index (χ1v) is 7.33. The van der Waals surface area contributed by atoms with Gasteiger partial charge in [-0.2, -0.15) is 0 Å². The van der Waals surface area contributed by atoms with Crippen LogP contribution >= 0.6 is 27.5 Å². The Balaban J connectivity index is 1.87. The number of hydrogen-bond donors (Lipinski definition) is 0. The van der Waals surface area contributed by atoms with E-state index in [0.717, 1.165) is 37.2 Å². The summed E-state index contributed by atoms with van der Waals surface area (Å²) in [4.78, 5) is 15.6. The molecule has 1 aliphatic rings. The molecule has 0 spiro atoms. The number of hydrogen-bond acceptors (Lipinski definition) is 2. The van der Waals surface area contributed by atoms with Gasteiger partial charge in [0.05, 0.1) is 0 Å². The predicted octanol–water partition coefficient (Wildman–Crippen LogP) is 2.33. The van der Waals surface area contributed by atoms with E-state index in [1.54, 1.807) is 0 Å². The predicted molar refractivity (Wildman–Crippen MR) is 76.7 cm³/mol. The highest BCUT2D eigenvalue weighted by molar-refractivity contribution is 9.10. The van der Waals surface area contributed by atoms with E-state index in [4.69, 9.17) is 11.6 Å². The van der Waals surface area contributed by atoms with E-state index in [9.17, 15) is 4.79 Å². The van der Waals surface area contributed by atoms with Crippen LogP contribution in [0.1, 0.15) is 5.56 Å². The number of alkyl halides is 1. The Morgan fingerprint density at radius 1 is 1.22 bits per heavy atom. The topological polar surface area (TPSA) is 23.6 Å². The van der Waals surface area contributed by atoms with Crippen LogP contribution in [-0.2, 0) is 11.3 Å². The monoisotopic (exact) mass is 330 g/mol. The highest BCUT2D eigenvalue weighted by Gasteiger charge is 2.20. The zero-order valence-electron chi connectivity index (χ0n) is 10.1. The standard InChI is InChI=1S/C13H16BrClN2O/c14-12-4-2-1-3-11(12)10-16-5-7-17(8-6-16)13(18)9-15/h1-4H,5-10H2. The summed E-state index contributed by atoms with van der Waals surface area (Å²) >= 11 is 9.12. The summed E-state index contributed by atoms with van der Waals surface area (Å²) in [7, 11) is 0. The molecule has 18 heavy (non-hydrogen) atoms. The van der Waals surface area contributed by atoms with Crippen LogP contribution in [0.15, 0.2) is 28.7 Å². The van der Waals surface area contributed by atoms with Gasteiger partial charge < -0.3 is 4.90 Å². The zero-order valence-corrected chi connectivity index (χ0v) is 12.5. The molecular formula is C13H16BrClN2O. The largest absolute Gasteiger partial charge is 0.339 e. The van der Waals surface area contributed by atoms with Crippen LogP contribution in [0.4, 0.5) is 0 Å². The molecule has 2 rings (SSSR count). The van der Waals surface area contributed by atoms with Gasteiger partial charge in [-0.3, -0.25) is 9.69 Å². The third kappa shape index (κ3) is 3.46. The van der Waals surface area contributed by atoms with Crippen LogP contribution in [0.2, 0.25) is 0 Å². The molecule has 1 aromatic carbocycles. The first kappa shape index (κ1) is 13.8. The molecule has 0 saturated carbocycles. The Hall–Kier alpha value is -0.580. The van der Waals surface area contributed by atoms with Crippen LogP contribution in [0, 0.1) is 0 Å². The quantitative estimate of drug-likeness (QED) is 0.794. The molecule has 1 saturated heterocycles. The van der Waals surface area contributed by atoms with E-state index in [0.29, 0.717) is 0 Å². The zero-order chi connectivity index (χ0) is 13.0. The van der Waals surface area contributed by atoms with Crippen molar-refractivity contribution in [1.29, 1.82) is 0 Å². The van der Waals surface area contributed by atoms with Gasteiger partial charge >= 0.3 is 0 Å². The molecule has 1 heterocycles. The Morgan fingerprint density at radius 2 is 1.89 bits per heavy atom. The van der Waals surface area contributed by atoms with Gasteiger partial charge in [0.15, 0.2) is 0 Å². The van der Waals surface area contributed by atoms with Gasteiger partial charge in [0, 0.05) is 37.2 Å². The lowest BCUT2D eigenvalue weighted by atomic mass is 10.2. The van der Waals surface area contributed by atoms with Gasteiger partial charge in [-0.15, -0.1) is 11.6 Å². The Morgan fingerprint density at radius 3 is 2.50 bits per heavy atom. The van der Waals surface area contributed by atoms with E-state index in [1.165, 1.54) is 5.56 Å². The van der Waals surface area contributed by atoms with Gasteiger partial charge in [0.25, 0.3) is 0 Å². The van der Waals surface area contributed by atoms with E-state index in [-0.39, 0.29) is 11.8 Å². The van der Waals surface area contributed by atoms with E-state index in [2.05, 4.69) is 33.0 Å². The average Bonchev–Trinajstić information content (AvgIpc) is 2.41. The fraction of sp³-hybridized carbons (Fsp3) is 0.462. The Kier molecular flexibility index (Phi) is 5.03. The molecular weight excluding hydrogens is 316 g/mol. The fourth-order valence-electron chi connectivity index (χ4n) is 2.11. The lowest BCUT2D eigenvalue weighted by molar-refractivity contribution is -0.130. The highest BCUT2D eigenvalue weighted by atomic mass is 79.9. The summed E-state index contributed by atoms with van der Waals surface area (Å²) in [5.41, 5.74) is 1.29. The molecule has 0 N–H and O–H groups in total. The summed E-state index contributed by atoms with van der Waals surface area (Å²) in [5.74, 6) is 0.127. The minimum Gasteiger partial charge on any atom is -0.339 e. The molecule has 5 heteroatoms. The molecule has 0 atom stereocenters. The molecule has 98 valence electrons. The first-order chi connectivity index (χ1) is 8.70. The van der Waals surface area contributed by atoms with Crippen LogP contribution < -0.4 is 0 Å². The van der Waals surface area contributed by atoms with Crippen molar-refractivity contribution in [2.45, 2.75) is 6.54 Å². The highest BCUT2D eigenvalue weighted by Crippen LogP contribution is 2.18. The maximum atomic E-state index is 11.5. The normalized spacial score (nSPS) is 16.9. The summed E-state index contributed by atoms with van der Waals surface area (Å²) in [5, 5.41) is 0. The van der Waals surface area contributed by atoms with Crippen molar-refractivity contribution < 1.29 is 4.79 Å². The maximum absolute atomic E-state index is 11.5. The van der Waals surface area contributed by atoms with Gasteiger partial charge in [0.1, 0.15) is 5.88 Å². The molecule has 1 aliphatic heterocycles. The number of piperazine rings is 1. The maximum Gasteiger partial charge on any atom is 0.237 e. The number of amides is 1. The Labute approximate surface area is 121 Å². The molecule has 0 radical (unpaired) electrons. The van der Waals surface area contributed by atoms with Crippen molar-refractivity contribution in [3.63, 3.8) is 0 Å². The second-order valence-electron chi connectivity index (χ2n) is 4.38. The average molecular weight is 332 g/mol. The number of carbonyl (C=O) groups excluding carboxylic acids is 1. The summed E-state index contributed by atoms with van der Waals surface area (Å²) in [6.07, 6.45) is 0. The van der Waals surface area contributed by atoms with Crippen LogP contribution in [0.3, 0.4) is 0 Å². The van der Waals surface area contributed by atoms with Gasteiger partial charge in [-0.25, -0.2) is 0 Å². The van der Waals surface area contributed by atoms with Gasteiger partial charge in [-0.1, -0.05) is 34.1 Å². The van der Waals surface area contributed by atoms with E-state index >= 15 is 0 Å². The van der Waals surface area contributed by atoms with Crippen LogP contribution in [0.25, 0.3) is 0 Å². The van der Waals surface area contributed by atoms with E-state index in [1.807, 2.05) is 17.0 Å². The first-order valence-electron chi connectivity index (χ1n) is 6.00. The molecule has 3 nitrogen and oxygen atoms in total.